The van der Waals surface area contributed by atoms with Crippen LogP contribution in [-0.2, 0) is 12.2 Å². The van der Waals surface area contributed by atoms with Crippen LogP contribution in [0, 0.1) is 13.8 Å². The maximum absolute atomic E-state index is 6.32. The van der Waals surface area contributed by atoms with Gasteiger partial charge in [-0.1, -0.05) is 53.7 Å². The number of nitrogens with two attached hydrogens (primary N) is 1. The van der Waals surface area contributed by atoms with Crippen molar-refractivity contribution in [3.63, 3.8) is 0 Å². The molecule has 0 saturated heterocycles. The van der Waals surface area contributed by atoms with E-state index in [0.29, 0.717) is 17.5 Å². The van der Waals surface area contributed by atoms with Gasteiger partial charge in [0.05, 0.1) is 6.04 Å². The molecule has 4 aromatic rings. The zero-order valence-electron chi connectivity index (χ0n) is 15.4. The molecule has 0 aliphatic heterocycles. The third-order valence-electron chi connectivity index (χ3n) is 4.71. The van der Waals surface area contributed by atoms with Crippen LogP contribution in [0.5, 0.6) is 0 Å². The van der Waals surface area contributed by atoms with Crippen LogP contribution >= 0.6 is 11.8 Å². The molecule has 0 aliphatic rings. The molecule has 5 nitrogen and oxygen atoms in total. The van der Waals surface area contributed by atoms with Crippen LogP contribution in [0.15, 0.2) is 58.3 Å². The summed E-state index contributed by atoms with van der Waals surface area (Å²) in [5.41, 5.74) is 12.4. The Morgan fingerprint density at radius 3 is 2.85 bits per heavy atom. The number of fused-ring (bicyclic) bond motifs is 1. The summed E-state index contributed by atoms with van der Waals surface area (Å²) >= 11 is 1.54. The Labute approximate surface area is 162 Å². The summed E-state index contributed by atoms with van der Waals surface area (Å²) in [4.78, 5) is 3.27. The Bertz CT molecular complexity index is 1070. The largest absolute Gasteiger partial charge is 0.414 e. The molecular weight excluding hydrogens is 356 g/mol. The second-order valence-electron chi connectivity index (χ2n) is 6.79. The van der Waals surface area contributed by atoms with E-state index in [0.717, 1.165) is 16.8 Å². The molecule has 0 radical (unpaired) electrons. The molecule has 3 N–H and O–H groups in total. The number of rotatable bonds is 6. The molecule has 2 heterocycles. The van der Waals surface area contributed by atoms with Crippen molar-refractivity contribution in [3.05, 3.63) is 76.8 Å². The summed E-state index contributed by atoms with van der Waals surface area (Å²) in [6.45, 7) is 4.22. The van der Waals surface area contributed by atoms with Crippen molar-refractivity contribution in [2.75, 3.05) is 0 Å². The van der Waals surface area contributed by atoms with Crippen molar-refractivity contribution in [1.29, 1.82) is 0 Å². The zero-order chi connectivity index (χ0) is 18.8. The number of nitrogens with one attached hydrogen (secondary N) is 1. The Morgan fingerprint density at radius 1 is 1.11 bits per heavy atom. The lowest BCUT2D eigenvalue weighted by Crippen LogP contribution is -2.13. The van der Waals surface area contributed by atoms with E-state index in [4.69, 9.17) is 10.2 Å². The van der Waals surface area contributed by atoms with E-state index < -0.39 is 0 Å². The number of benzene rings is 2. The zero-order valence-corrected chi connectivity index (χ0v) is 16.2. The van der Waals surface area contributed by atoms with Gasteiger partial charge in [-0.2, -0.15) is 0 Å². The van der Waals surface area contributed by atoms with E-state index in [1.165, 1.54) is 22.1 Å². The number of nitrogens with zero attached hydrogens (tertiary/aromatic N) is 2. The fraction of sp³-hybridized carbons (Fsp3) is 0.238. The second kappa shape index (κ2) is 7.58. The van der Waals surface area contributed by atoms with Crippen LogP contribution in [0.4, 0.5) is 0 Å². The number of hydrogen-bond acceptors (Lipinski definition) is 5. The number of para-hydroxylation sites is 1. The van der Waals surface area contributed by atoms with Crippen molar-refractivity contribution in [2.24, 2.45) is 5.73 Å². The molecule has 2 aromatic carbocycles. The van der Waals surface area contributed by atoms with Gasteiger partial charge in [0.15, 0.2) is 0 Å². The molecule has 0 spiro atoms. The lowest BCUT2D eigenvalue weighted by Gasteiger charge is -2.06. The first-order valence-electron chi connectivity index (χ1n) is 8.93. The predicted octanol–water partition coefficient (Wildman–Crippen LogP) is 4.70. The fourth-order valence-corrected chi connectivity index (χ4v) is 3.98. The molecule has 4 rings (SSSR count). The van der Waals surface area contributed by atoms with E-state index in [1.54, 1.807) is 11.8 Å². The van der Waals surface area contributed by atoms with Gasteiger partial charge in [-0.05, 0) is 43.0 Å². The highest BCUT2D eigenvalue weighted by atomic mass is 32.2. The van der Waals surface area contributed by atoms with Crippen molar-refractivity contribution in [1.82, 2.24) is 15.2 Å². The van der Waals surface area contributed by atoms with Crippen molar-refractivity contribution in [2.45, 2.75) is 37.3 Å². The number of hydrogen-bond donors (Lipinski definition) is 2. The summed E-state index contributed by atoms with van der Waals surface area (Å²) in [5, 5.41) is 10.0. The number of aryl methyl sites for hydroxylation is 2. The summed E-state index contributed by atoms with van der Waals surface area (Å²) in [5.74, 6) is 1.27. The lowest BCUT2D eigenvalue weighted by atomic mass is 10.1. The van der Waals surface area contributed by atoms with Gasteiger partial charge >= 0.3 is 0 Å². The minimum atomic E-state index is -0.327. The maximum atomic E-state index is 6.32. The smallest absolute Gasteiger partial charge is 0.276 e. The normalized spacial score (nSPS) is 12.6. The van der Waals surface area contributed by atoms with Crippen molar-refractivity contribution < 1.29 is 4.42 Å². The highest BCUT2D eigenvalue weighted by Crippen LogP contribution is 2.27. The number of aromatic nitrogens is 3. The summed E-state index contributed by atoms with van der Waals surface area (Å²) in [7, 11) is 0. The van der Waals surface area contributed by atoms with Crippen LogP contribution in [0.3, 0.4) is 0 Å². The fourth-order valence-electron chi connectivity index (χ4n) is 3.15. The molecule has 2 aromatic heterocycles. The van der Waals surface area contributed by atoms with Gasteiger partial charge in [0.25, 0.3) is 5.22 Å². The molecule has 0 saturated carbocycles. The molecule has 1 atom stereocenters. The number of thioether (sulfide) groups is 1. The maximum Gasteiger partial charge on any atom is 0.276 e. The van der Waals surface area contributed by atoms with Crippen LogP contribution in [0.25, 0.3) is 10.9 Å². The monoisotopic (exact) mass is 378 g/mol. The quantitative estimate of drug-likeness (QED) is 0.475. The molecule has 6 heteroatoms. The number of H-pyrrole nitrogens is 1. The second-order valence-corrected chi connectivity index (χ2v) is 7.72. The van der Waals surface area contributed by atoms with E-state index in [1.807, 2.05) is 18.3 Å². The molecule has 0 aliphatic carbocycles. The van der Waals surface area contributed by atoms with Gasteiger partial charge in [-0.15, -0.1) is 10.2 Å². The van der Waals surface area contributed by atoms with Crippen molar-refractivity contribution in [3.8, 4) is 0 Å². The minimum Gasteiger partial charge on any atom is -0.414 e. The first kappa shape index (κ1) is 17.8. The van der Waals surface area contributed by atoms with E-state index in [-0.39, 0.29) is 6.04 Å². The Hall–Kier alpha value is -2.57. The molecule has 0 amide bonds. The van der Waals surface area contributed by atoms with Crippen LogP contribution in [0.2, 0.25) is 0 Å². The van der Waals surface area contributed by atoms with E-state index >= 15 is 0 Å². The SMILES string of the molecule is Cc1ccc(C)c(CSc2nnc(C(N)Cc3c[nH]c4ccccc34)o2)c1. The van der Waals surface area contributed by atoms with Gasteiger partial charge < -0.3 is 15.1 Å². The van der Waals surface area contributed by atoms with Crippen molar-refractivity contribution >= 4 is 22.7 Å². The average Bonchev–Trinajstić information content (AvgIpc) is 3.30. The van der Waals surface area contributed by atoms with E-state index in [2.05, 4.69) is 59.4 Å². The summed E-state index contributed by atoms with van der Waals surface area (Å²) in [6.07, 6.45) is 2.64. The molecule has 0 fully saturated rings. The van der Waals surface area contributed by atoms with Gasteiger partial charge in [0.2, 0.25) is 5.89 Å². The minimum absolute atomic E-state index is 0.327. The third-order valence-corrected chi connectivity index (χ3v) is 5.58. The Kier molecular flexibility index (Phi) is 5.01. The number of aromatic amines is 1. The topological polar surface area (TPSA) is 80.7 Å². The molecular formula is C21H22N4OS. The molecule has 0 bridgehead atoms. The predicted molar refractivity (Wildman–Crippen MR) is 109 cm³/mol. The van der Waals surface area contributed by atoms with E-state index in [9.17, 15) is 0 Å². The molecule has 1 unspecified atom stereocenters. The summed E-state index contributed by atoms with van der Waals surface area (Å²) in [6, 6.07) is 14.3. The Balaban J connectivity index is 1.43. The lowest BCUT2D eigenvalue weighted by molar-refractivity contribution is 0.385. The van der Waals surface area contributed by atoms with Crippen LogP contribution < -0.4 is 5.73 Å². The van der Waals surface area contributed by atoms with Gasteiger partial charge in [-0.3, -0.25) is 0 Å². The average molecular weight is 379 g/mol. The third kappa shape index (κ3) is 3.91. The van der Waals surface area contributed by atoms with Crippen LogP contribution in [-0.4, -0.2) is 15.2 Å². The molecule has 138 valence electrons. The Morgan fingerprint density at radius 2 is 1.96 bits per heavy atom. The van der Waals surface area contributed by atoms with Crippen LogP contribution in [0.1, 0.15) is 34.2 Å². The van der Waals surface area contributed by atoms with Gasteiger partial charge in [0.1, 0.15) is 0 Å². The molecule has 27 heavy (non-hydrogen) atoms. The first-order valence-corrected chi connectivity index (χ1v) is 9.91. The standard InChI is InChI=1S/C21H22N4OS/c1-13-7-8-14(2)16(9-13)12-27-21-25-24-20(26-21)18(22)10-15-11-23-19-6-4-3-5-17(15)19/h3-9,11,18,23H,10,12,22H2,1-2H3. The highest BCUT2D eigenvalue weighted by Gasteiger charge is 2.17. The summed E-state index contributed by atoms with van der Waals surface area (Å²) < 4.78 is 5.80. The van der Waals surface area contributed by atoms with Gasteiger partial charge in [0, 0.05) is 22.9 Å². The van der Waals surface area contributed by atoms with Gasteiger partial charge in [-0.25, -0.2) is 0 Å². The first-order chi connectivity index (χ1) is 13.1. The highest BCUT2D eigenvalue weighted by molar-refractivity contribution is 7.98.